The second-order valence-electron chi connectivity index (χ2n) is 6.26. The van der Waals surface area contributed by atoms with Crippen LogP contribution >= 0.6 is 11.3 Å². The lowest BCUT2D eigenvalue weighted by molar-refractivity contribution is 0.0320. The molecule has 0 aliphatic rings. The lowest BCUT2D eigenvalue weighted by Crippen LogP contribution is -2.17. The second-order valence-corrected chi connectivity index (χ2v) is 7.47. The predicted molar refractivity (Wildman–Crippen MR) is 103 cm³/mol. The molecule has 4 aromatic rings. The van der Waals surface area contributed by atoms with Crippen LogP contribution in [-0.2, 0) is 4.74 Å². The summed E-state index contributed by atoms with van der Waals surface area (Å²) >= 11 is 1.45. The van der Waals surface area contributed by atoms with Gasteiger partial charge in [0.1, 0.15) is 11.2 Å². The number of H-pyrrole nitrogens is 1. The lowest BCUT2D eigenvalue weighted by Gasteiger charge is -2.12. The molecule has 142 valence electrons. The first kappa shape index (κ1) is 18.0. The maximum absolute atomic E-state index is 12.4. The Morgan fingerprint density at radius 3 is 2.68 bits per heavy atom. The maximum atomic E-state index is 12.4. The number of carbonyl (C=O) groups is 1. The van der Waals surface area contributed by atoms with Crippen LogP contribution in [0.4, 0.5) is 0 Å². The minimum atomic E-state index is -0.702. The van der Waals surface area contributed by atoms with Crippen molar-refractivity contribution in [3.8, 4) is 5.69 Å². The average Bonchev–Trinajstić information content (AvgIpc) is 3.31. The molecule has 0 aliphatic heterocycles. The molecule has 9 nitrogen and oxygen atoms in total. The van der Waals surface area contributed by atoms with Gasteiger partial charge in [-0.3, -0.25) is 4.79 Å². The zero-order chi connectivity index (χ0) is 19.8. The summed E-state index contributed by atoms with van der Waals surface area (Å²) in [4.78, 5) is 33.7. The normalized spacial score (nSPS) is 12.2. The highest BCUT2D eigenvalue weighted by Gasteiger charge is 2.19. The molecule has 0 spiro atoms. The minimum Gasteiger partial charge on any atom is -0.451 e. The number of aromatic nitrogens is 6. The molecule has 10 heteroatoms. The van der Waals surface area contributed by atoms with E-state index in [9.17, 15) is 9.59 Å². The van der Waals surface area contributed by atoms with Gasteiger partial charge in [0.15, 0.2) is 11.9 Å². The van der Waals surface area contributed by atoms with Gasteiger partial charge in [-0.15, -0.1) is 16.4 Å². The number of nitrogens with one attached hydrogen (secondary N) is 1. The Morgan fingerprint density at radius 2 is 2.00 bits per heavy atom. The number of esters is 1. The number of aromatic amines is 1. The third-order valence-electron chi connectivity index (χ3n) is 4.44. The largest absolute Gasteiger partial charge is 0.451 e. The van der Waals surface area contributed by atoms with Gasteiger partial charge in [-0.2, -0.15) is 0 Å². The van der Waals surface area contributed by atoms with E-state index in [1.165, 1.54) is 22.3 Å². The van der Waals surface area contributed by atoms with Crippen LogP contribution < -0.4 is 5.56 Å². The first-order chi connectivity index (χ1) is 13.4. The number of thiophene rings is 1. The van der Waals surface area contributed by atoms with Gasteiger partial charge in [-0.05, 0) is 61.0 Å². The van der Waals surface area contributed by atoms with Crippen molar-refractivity contribution in [2.75, 3.05) is 0 Å². The molecule has 3 heterocycles. The molecule has 0 unspecified atom stereocenters. The van der Waals surface area contributed by atoms with Crippen LogP contribution in [0.3, 0.4) is 0 Å². The molecule has 0 fully saturated rings. The smallest absolute Gasteiger partial charge is 0.338 e. The molecule has 1 atom stereocenters. The van der Waals surface area contributed by atoms with Gasteiger partial charge in [-0.25, -0.2) is 14.5 Å². The number of carbonyl (C=O) groups excluding carboxylic acids is 1. The van der Waals surface area contributed by atoms with Crippen molar-refractivity contribution in [3.63, 3.8) is 0 Å². The molecular formula is C18H16N6O3S. The van der Waals surface area contributed by atoms with Crippen molar-refractivity contribution in [2.45, 2.75) is 26.9 Å². The highest BCUT2D eigenvalue weighted by atomic mass is 32.1. The van der Waals surface area contributed by atoms with Crippen molar-refractivity contribution in [2.24, 2.45) is 0 Å². The van der Waals surface area contributed by atoms with Crippen molar-refractivity contribution >= 4 is 27.5 Å². The Kier molecular flexibility index (Phi) is 4.47. The van der Waals surface area contributed by atoms with E-state index in [0.29, 0.717) is 21.6 Å². The highest BCUT2D eigenvalue weighted by Crippen LogP contribution is 2.27. The summed E-state index contributed by atoms with van der Waals surface area (Å²) in [6.45, 7) is 5.52. The molecule has 0 radical (unpaired) electrons. The molecule has 0 saturated carbocycles. The summed E-state index contributed by atoms with van der Waals surface area (Å²) in [7, 11) is 0. The van der Waals surface area contributed by atoms with Gasteiger partial charge in [0.2, 0.25) is 0 Å². The van der Waals surface area contributed by atoms with Gasteiger partial charge >= 0.3 is 5.97 Å². The van der Waals surface area contributed by atoms with E-state index in [4.69, 9.17) is 4.74 Å². The number of hydrogen-bond acceptors (Lipinski definition) is 8. The summed E-state index contributed by atoms with van der Waals surface area (Å²) in [5.41, 5.74) is 1.78. The standard InChI is InChI=1S/C18H16N6O3S/c1-9-11(3)28-17-14(9)16(25)20-15(21-17)10(2)27-18(26)12-4-6-13(7-5-12)24-8-19-22-23-24/h4-8,10H,1-3H3,(H,20,21,25)/t10-/m0/s1. The second kappa shape index (κ2) is 6.97. The third kappa shape index (κ3) is 3.18. The van der Waals surface area contributed by atoms with Crippen LogP contribution in [-0.4, -0.2) is 36.1 Å². The van der Waals surface area contributed by atoms with Gasteiger partial charge in [0.25, 0.3) is 5.56 Å². The quantitative estimate of drug-likeness (QED) is 0.527. The van der Waals surface area contributed by atoms with Gasteiger partial charge in [0, 0.05) is 4.88 Å². The van der Waals surface area contributed by atoms with E-state index in [2.05, 4.69) is 25.5 Å². The van der Waals surface area contributed by atoms with Crippen LogP contribution in [0.1, 0.15) is 39.7 Å². The number of rotatable bonds is 4. The first-order valence-corrected chi connectivity index (χ1v) is 9.30. The van der Waals surface area contributed by atoms with Crippen LogP contribution in [0.5, 0.6) is 0 Å². The van der Waals surface area contributed by atoms with Crippen LogP contribution in [0.15, 0.2) is 35.4 Å². The van der Waals surface area contributed by atoms with Crippen molar-refractivity contribution < 1.29 is 9.53 Å². The predicted octanol–water partition coefficient (Wildman–Crippen LogP) is 2.50. The number of nitrogens with zero attached hydrogens (tertiary/aromatic N) is 5. The number of fused-ring (bicyclic) bond motifs is 1. The average molecular weight is 396 g/mol. The topological polar surface area (TPSA) is 116 Å². The first-order valence-electron chi connectivity index (χ1n) is 8.48. The summed E-state index contributed by atoms with van der Waals surface area (Å²) in [6, 6.07) is 6.66. The van der Waals surface area contributed by atoms with Crippen molar-refractivity contribution in [3.05, 3.63) is 62.8 Å². The summed E-state index contributed by atoms with van der Waals surface area (Å²) in [5.74, 6) is -0.200. The molecule has 4 rings (SSSR count). The molecule has 0 aliphatic carbocycles. The minimum absolute atomic E-state index is 0.226. The van der Waals surface area contributed by atoms with Crippen LogP contribution in [0, 0.1) is 13.8 Å². The number of hydrogen-bond donors (Lipinski definition) is 1. The Morgan fingerprint density at radius 1 is 1.25 bits per heavy atom. The zero-order valence-electron chi connectivity index (χ0n) is 15.3. The molecular weight excluding hydrogens is 380 g/mol. The Hall–Kier alpha value is -3.40. The zero-order valence-corrected chi connectivity index (χ0v) is 16.1. The van der Waals surface area contributed by atoms with E-state index in [-0.39, 0.29) is 5.56 Å². The summed E-state index contributed by atoms with van der Waals surface area (Å²) in [6.07, 6.45) is 0.758. The number of tetrazole rings is 1. The molecule has 0 bridgehead atoms. The molecule has 1 N–H and O–H groups in total. The Labute approximate surface area is 163 Å². The third-order valence-corrected chi connectivity index (χ3v) is 5.54. The van der Waals surface area contributed by atoms with E-state index in [1.54, 1.807) is 31.2 Å². The van der Waals surface area contributed by atoms with Gasteiger partial charge in [0.05, 0.1) is 16.6 Å². The SMILES string of the molecule is Cc1sc2nc([C@H](C)OC(=O)c3ccc(-n4cnnn4)cc3)[nH]c(=O)c2c1C. The summed E-state index contributed by atoms with van der Waals surface area (Å²) in [5, 5.41) is 11.5. The van der Waals surface area contributed by atoms with Crippen molar-refractivity contribution in [1.29, 1.82) is 0 Å². The fraction of sp³-hybridized carbons (Fsp3) is 0.222. The molecule has 0 amide bonds. The lowest BCUT2D eigenvalue weighted by atomic mass is 10.2. The Bertz CT molecular complexity index is 1210. The van der Waals surface area contributed by atoms with Crippen LogP contribution in [0.25, 0.3) is 15.9 Å². The number of ether oxygens (including phenoxy) is 1. The molecule has 28 heavy (non-hydrogen) atoms. The molecule has 0 saturated heterocycles. The molecule has 1 aromatic carbocycles. The molecule has 3 aromatic heterocycles. The van der Waals surface area contributed by atoms with Gasteiger partial charge in [-0.1, -0.05) is 0 Å². The van der Waals surface area contributed by atoms with E-state index in [1.807, 2.05) is 13.8 Å². The Balaban J connectivity index is 1.54. The van der Waals surface area contributed by atoms with Crippen LogP contribution in [0.2, 0.25) is 0 Å². The summed E-state index contributed by atoms with van der Waals surface area (Å²) < 4.78 is 6.96. The fourth-order valence-electron chi connectivity index (χ4n) is 2.78. The van der Waals surface area contributed by atoms with E-state index in [0.717, 1.165) is 16.1 Å². The number of aryl methyl sites for hydroxylation is 2. The van der Waals surface area contributed by atoms with E-state index < -0.39 is 12.1 Å². The maximum Gasteiger partial charge on any atom is 0.338 e. The van der Waals surface area contributed by atoms with Gasteiger partial charge < -0.3 is 9.72 Å². The monoisotopic (exact) mass is 396 g/mol. The fourth-order valence-corrected chi connectivity index (χ4v) is 3.82. The number of benzene rings is 1. The van der Waals surface area contributed by atoms with Crippen molar-refractivity contribution in [1.82, 2.24) is 30.2 Å². The highest BCUT2D eigenvalue weighted by molar-refractivity contribution is 7.18. The van der Waals surface area contributed by atoms with E-state index >= 15 is 0 Å².